The zero-order valence-corrected chi connectivity index (χ0v) is 13.6. The van der Waals surface area contributed by atoms with Crippen LogP contribution in [-0.4, -0.2) is 47.3 Å². The number of rotatable bonds is 5. The van der Waals surface area contributed by atoms with Crippen molar-refractivity contribution >= 4 is 23.4 Å². The Morgan fingerprint density at radius 1 is 1.32 bits per heavy atom. The maximum atomic E-state index is 12.2. The molecule has 0 saturated carbocycles. The number of piperazine rings is 1. The Balaban J connectivity index is 1.86. The number of carbonyl (C=O) groups excluding carboxylic acids is 2. The maximum absolute atomic E-state index is 12.2. The molecule has 1 aromatic rings. The highest BCUT2D eigenvalue weighted by Crippen LogP contribution is 2.14. The van der Waals surface area contributed by atoms with Crippen molar-refractivity contribution in [3.05, 3.63) is 34.9 Å². The Bertz CT molecular complexity index is 531. The van der Waals surface area contributed by atoms with Gasteiger partial charge in [0.25, 0.3) is 0 Å². The SMILES string of the molecule is CC(N)CCC(=O)N1CCN(Cc2ccc(Cl)cc2)C(=O)C1. The van der Waals surface area contributed by atoms with Gasteiger partial charge in [0.1, 0.15) is 0 Å². The highest BCUT2D eigenvalue weighted by atomic mass is 35.5. The van der Waals surface area contributed by atoms with E-state index in [9.17, 15) is 9.59 Å². The lowest BCUT2D eigenvalue weighted by molar-refractivity contribution is -0.145. The summed E-state index contributed by atoms with van der Waals surface area (Å²) in [4.78, 5) is 27.6. The Morgan fingerprint density at radius 2 is 2.00 bits per heavy atom. The van der Waals surface area contributed by atoms with E-state index in [-0.39, 0.29) is 24.4 Å². The molecule has 0 aliphatic carbocycles. The molecule has 1 aromatic carbocycles. The quantitative estimate of drug-likeness (QED) is 0.895. The first kappa shape index (κ1) is 16.8. The molecular weight excluding hydrogens is 302 g/mol. The summed E-state index contributed by atoms with van der Waals surface area (Å²) < 4.78 is 0. The first-order valence-electron chi connectivity index (χ1n) is 7.51. The van der Waals surface area contributed by atoms with Crippen LogP contribution in [0.3, 0.4) is 0 Å². The van der Waals surface area contributed by atoms with Gasteiger partial charge in [0, 0.05) is 37.1 Å². The molecule has 6 heteroatoms. The zero-order valence-electron chi connectivity index (χ0n) is 12.8. The first-order chi connectivity index (χ1) is 10.5. The number of hydrogen-bond donors (Lipinski definition) is 1. The predicted octanol–water partition coefficient (Wildman–Crippen LogP) is 1.64. The first-order valence-corrected chi connectivity index (χ1v) is 7.89. The molecule has 1 aliphatic heterocycles. The molecular formula is C16H22ClN3O2. The number of benzene rings is 1. The molecule has 1 heterocycles. The van der Waals surface area contributed by atoms with Crippen molar-refractivity contribution in [2.45, 2.75) is 32.4 Å². The maximum Gasteiger partial charge on any atom is 0.242 e. The molecule has 5 nitrogen and oxygen atoms in total. The van der Waals surface area contributed by atoms with E-state index in [1.165, 1.54) is 0 Å². The molecule has 0 aromatic heterocycles. The van der Waals surface area contributed by atoms with Gasteiger partial charge in [-0.15, -0.1) is 0 Å². The van der Waals surface area contributed by atoms with Gasteiger partial charge in [-0.25, -0.2) is 0 Å². The van der Waals surface area contributed by atoms with Crippen LogP contribution in [-0.2, 0) is 16.1 Å². The van der Waals surface area contributed by atoms with Crippen molar-refractivity contribution in [1.82, 2.24) is 9.80 Å². The molecule has 1 saturated heterocycles. The molecule has 2 rings (SSSR count). The van der Waals surface area contributed by atoms with Crippen LogP contribution < -0.4 is 5.73 Å². The van der Waals surface area contributed by atoms with Gasteiger partial charge in [0.2, 0.25) is 11.8 Å². The molecule has 1 aliphatic rings. The number of hydrogen-bond acceptors (Lipinski definition) is 3. The summed E-state index contributed by atoms with van der Waals surface area (Å²) in [6.07, 6.45) is 1.06. The summed E-state index contributed by atoms with van der Waals surface area (Å²) in [5, 5.41) is 0.680. The monoisotopic (exact) mass is 323 g/mol. The lowest BCUT2D eigenvalue weighted by Gasteiger charge is -2.34. The summed E-state index contributed by atoms with van der Waals surface area (Å²) in [6, 6.07) is 7.46. The van der Waals surface area contributed by atoms with Crippen molar-refractivity contribution < 1.29 is 9.59 Å². The predicted molar refractivity (Wildman–Crippen MR) is 86.3 cm³/mol. The zero-order chi connectivity index (χ0) is 16.1. The van der Waals surface area contributed by atoms with E-state index < -0.39 is 0 Å². The number of carbonyl (C=O) groups is 2. The fraction of sp³-hybridized carbons (Fsp3) is 0.500. The Hall–Kier alpha value is -1.59. The van der Waals surface area contributed by atoms with Crippen molar-refractivity contribution in [2.24, 2.45) is 5.73 Å². The topological polar surface area (TPSA) is 66.6 Å². The van der Waals surface area contributed by atoms with Gasteiger partial charge in [-0.05, 0) is 31.0 Å². The lowest BCUT2D eigenvalue weighted by Crippen LogP contribution is -2.51. The van der Waals surface area contributed by atoms with Gasteiger partial charge < -0.3 is 15.5 Å². The van der Waals surface area contributed by atoms with Crippen LogP contribution in [0, 0.1) is 0 Å². The fourth-order valence-corrected chi connectivity index (χ4v) is 2.53. The van der Waals surface area contributed by atoms with E-state index in [0.29, 0.717) is 37.5 Å². The van der Waals surface area contributed by atoms with Crippen molar-refractivity contribution in [1.29, 1.82) is 0 Å². The van der Waals surface area contributed by atoms with E-state index in [0.717, 1.165) is 5.56 Å². The van der Waals surface area contributed by atoms with Gasteiger partial charge in [-0.3, -0.25) is 9.59 Å². The lowest BCUT2D eigenvalue weighted by atomic mass is 10.1. The van der Waals surface area contributed by atoms with Gasteiger partial charge in [-0.2, -0.15) is 0 Å². The smallest absolute Gasteiger partial charge is 0.242 e. The largest absolute Gasteiger partial charge is 0.335 e. The van der Waals surface area contributed by atoms with Crippen molar-refractivity contribution in [2.75, 3.05) is 19.6 Å². The summed E-state index contributed by atoms with van der Waals surface area (Å²) >= 11 is 5.86. The standard InChI is InChI=1S/C16H22ClN3O2/c1-12(18)2-7-15(21)20-9-8-19(16(22)11-20)10-13-3-5-14(17)6-4-13/h3-6,12H,2,7-11,18H2,1H3. The summed E-state index contributed by atoms with van der Waals surface area (Å²) in [6.45, 7) is 3.73. The molecule has 1 fully saturated rings. The van der Waals surface area contributed by atoms with Crippen LogP contribution >= 0.6 is 11.6 Å². The molecule has 22 heavy (non-hydrogen) atoms. The third kappa shape index (κ3) is 4.71. The van der Waals surface area contributed by atoms with E-state index in [1.54, 1.807) is 9.80 Å². The fourth-order valence-electron chi connectivity index (χ4n) is 2.41. The molecule has 0 bridgehead atoms. The molecule has 0 spiro atoms. The Morgan fingerprint density at radius 3 is 2.59 bits per heavy atom. The molecule has 0 radical (unpaired) electrons. The highest BCUT2D eigenvalue weighted by Gasteiger charge is 2.26. The van der Waals surface area contributed by atoms with Crippen LogP contribution in [0.2, 0.25) is 5.02 Å². The summed E-state index contributed by atoms with van der Waals surface area (Å²) in [5.74, 6) is -0.00728. The second-order valence-corrected chi connectivity index (χ2v) is 6.21. The van der Waals surface area contributed by atoms with Crippen LogP contribution in [0.15, 0.2) is 24.3 Å². The number of amides is 2. The number of nitrogens with two attached hydrogens (primary N) is 1. The minimum Gasteiger partial charge on any atom is -0.335 e. The second-order valence-electron chi connectivity index (χ2n) is 5.77. The van der Waals surface area contributed by atoms with E-state index in [1.807, 2.05) is 31.2 Å². The van der Waals surface area contributed by atoms with E-state index in [2.05, 4.69) is 0 Å². The highest BCUT2D eigenvalue weighted by molar-refractivity contribution is 6.30. The second kappa shape index (κ2) is 7.61. The molecule has 120 valence electrons. The number of nitrogens with zero attached hydrogens (tertiary/aromatic N) is 2. The van der Waals surface area contributed by atoms with E-state index in [4.69, 9.17) is 17.3 Å². The number of halogens is 1. The average Bonchev–Trinajstić information content (AvgIpc) is 2.49. The normalized spacial score (nSPS) is 16.8. The van der Waals surface area contributed by atoms with Crippen LogP contribution in [0.1, 0.15) is 25.3 Å². The van der Waals surface area contributed by atoms with Gasteiger partial charge >= 0.3 is 0 Å². The van der Waals surface area contributed by atoms with Crippen LogP contribution in [0.5, 0.6) is 0 Å². The average molecular weight is 324 g/mol. The third-order valence-corrected chi connectivity index (χ3v) is 4.02. The van der Waals surface area contributed by atoms with Crippen molar-refractivity contribution in [3.8, 4) is 0 Å². The third-order valence-electron chi connectivity index (χ3n) is 3.77. The molecule has 2 N–H and O–H groups in total. The Kier molecular flexibility index (Phi) is 5.80. The van der Waals surface area contributed by atoms with E-state index >= 15 is 0 Å². The molecule has 1 unspecified atom stereocenters. The summed E-state index contributed by atoms with van der Waals surface area (Å²) in [7, 11) is 0. The van der Waals surface area contributed by atoms with Gasteiger partial charge in [-0.1, -0.05) is 23.7 Å². The Labute approximate surface area is 136 Å². The molecule has 2 amide bonds. The molecule has 1 atom stereocenters. The van der Waals surface area contributed by atoms with Gasteiger partial charge in [0.05, 0.1) is 6.54 Å². The van der Waals surface area contributed by atoms with Crippen molar-refractivity contribution in [3.63, 3.8) is 0 Å². The minimum atomic E-state index is -0.0182. The minimum absolute atomic E-state index is 0.00541. The van der Waals surface area contributed by atoms with Crippen LogP contribution in [0.25, 0.3) is 0 Å². The van der Waals surface area contributed by atoms with Gasteiger partial charge in [0.15, 0.2) is 0 Å². The summed E-state index contributed by atoms with van der Waals surface area (Å²) in [5.41, 5.74) is 6.70. The van der Waals surface area contributed by atoms with Crippen LogP contribution in [0.4, 0.5) is 0 Å².